The summed E-state index contributed by atoms with van der Waals surface area (Å²) >= 11 is 5.51. The Kier molecular flexibility index (Phi) is 5.51. The van der Waals surface area contributed by atoms with E-state index in [0.717, 1.165) is 13.2 Å². The van der Waals surface area contributed by atoms with Crippen LogP contribution in [0.3, 0.4) is 0 Å². The molecule has 0 aliphatic heterocycles. The summed E-state index contributed by atoms with van der Waals surface area (Å²) in [6.07, 6.45) is 0. The number of hydrogen-bond donors (Lipinski definition) is 0. The molecule has 15 heavy (non-hydrogen) atoms. The molecule has 2 nitrogen and oxygen atoms in total. The van der Waals surface area contributed by atoms with Gasteiger partial charge < -0.3 is 9.64 Å². The minimum atomic E-state index is 0.564. The van der Waals surface area contributed by atoms with E-state index < -0.39 is 0 Å². The number of hydrogen-bond acceptors (Lipinski definition) is 2. The molecule has 0 aromatic heterocycles. The van der Waals surface area contributed by atoms with Crippen LogP contribution in [0, 0.1) is 6.92 Å². The SMILES string of the molecule is Cc1ccc(N(C)CCOCCCl)cc1. The standard InChI is InChI=1S/C12H18ClNO/c1-11-3-5-12(6-4-11)14(2)8-10-15-9-7-13/h3-6H,7-10H2,1-2H3. The number of likely N-dealkylation sites (N-methyl/N-ethyl adjacent to an activating group) is 1. The third-order valence-electron chi connectivity index (χ3n) is 2.27. The zero-order chi connectivity index (χ0) is 11.1. The lowest BCUT2D eigenvalue weighted by molar-refractivity contribution is 0.156. The van der Waals surface area contributed by atoms with Gasteiger partial charge in [0.15, 0.2) is 0 Å². The third-order valence-corrected chi connectivity index (χ3v) is 2.42. The van der Waals surface area contributed by atoms with E-state index in [-0.39, 0.29) is 0 Å². The fourth-order valence-corrected chi connectivity index (χ4v) is 1.40. The van der Waals surface area contributed by atoms with Crippen molar-refractivity contribution in [3.05, 3.63) is 29.8 Å². The Morgan fingerprint density at radius 1 is 1.20 bits per heavy atom. The molecule has 0 unspecified atom stereocenters. The highest BCUT2D eigenvalue weighted by atomic mass is 35.5. The van der Waals surface area contributed by atoms with E-state index in [0.29, 0.717) is 12.5 Å². The lowest BCUT2D eigenvalue weighted by Gasteiger charge is -2.19. The van der Waals surface area contributed by atoms with Gasteiger partial charge in [-0.3, -0.25) is 0 Å². The van der Waals surface area contributed by atoms with Crippen molar-refractivity contribution in [3.63, 3.8) is 0 Å². The van der Waals surface area contributed by atoms with E-state index in [9.17, 15) is 0 Å². The van der Waals surface area contributed by atoms with Gasteiger partial charge >= 0.3 is 0 Å². The smallest absolute Gasteiger partial charge is 0.0642 e. The monoisotopic (exact) mass is 227 g/mol. The molecule has 0 amide bonds. The highest BCUT2D eigenvalue weighted by molar-refractivity contribution is 6.17. The first-order chi connectivity index (χ1) is 7.24. The first kappa shape index (κ1) is 12.3. The van der Waals surface area contributed by atoms with E-state index in [1.54, 1.807) is 0 Å². The lowest BCUT2D eigenvalue weighted by Crippen LogP contribution is -2.22. The minimum Gasteiger partial charge on any atom is -0.378 e. The van der Waals surface area contributed by atoms with Crippen LogP contribution in [0.25, 0.3) is 0 Å². The summed E-state index contributed by atoms with van der Waals surface area (Å²) < 4.78 is 5.33. The summed E-state index contributed by atoms with van der Waals surface area (Å²) in [5.41, 5.74) is 2.50. The second-order valence-corrected chi connectivity index (χ2v) is 3.94. The number of ether oxygens (including phenoxy) is 1. The maximum atomic E-state index is 5.51. The Balaban J connectivity index is 2.33. The molecule has 1 aromatic carbocycles. The average Bonchev–Trinajstić information content (AvgIpc) is 2.25. The van der Waals surface area contributed by atoms with E-state index in [4.69, 9.17) is 16.3 Å². The molecule has 3 heteroatoms. The van der Waals surface area contributed by atoms with Crippen LogP contribution in [0.4, 0.5) is 5.69 Å². The van der Waals surface area contributed by atoms with Gasteiger partial charge in [0.1, 0.15) is 0 Å². The summed E-state index contributed by atoms with van der Waals surface area (Å²) in [6.45, 7) is 4.33. The van der Waals surface area contributed by atoms with Crippen molar-refractivity contribution in [2.75, 3.05) is 37.6 Å². The Bertz CT molecular complexity index is 273. The Morgan fingerprint density at radius 2 is 1.87 bits per heavy atom. The zero-order valence-corrected chi connectivity index (χ0v) is 10.1. The van der Waals surface area contributed by atoms with Crippen LogP contribution in [0.2, 0.25) is 0 Å². The van der Waals surface area contributed by atoms with Crippen LogP contribution < -0.4 is 4.90 Å². The van der Waals surface area contributed by atoms with Crippen molar-refractivity contribution in [3.8, 4) is 0 Å². The maximum Gasteiger partial charge on any atom is 0.0642 e. The number of anilines is 1. The van der Waals surface area contributed by atoms with E-state index in [2.05, 4.69) is 43.1 Å². The van der Waals surface area contributed by atoms with Gasteiger partial charge in [0.2, 0.25) is 0 Å². The second kappa shape index (κ2) is 6.70. The van der Waals surface area contributed by atoms with E-state index in [1.807, 2.05) is 0 Å². The second-order valence-electron chi connectivity index (χ2n) is 3.56. The van der Waals surface area contributed by atoms with Gasteiger partial charge in [-0.05, 0) is 19.1 Å². The average molecular weight is 228 g/mol. The van der Waals surface area contributed by atoms with Crippen LogP contribution >= 0.6 is 11.6 Å². The molecule has 0 aliphatic carbocycles. The summed E-state index contributed by atoms with van der Waals surface area (Å²) in [5.74, 6) is 0.564. The molecule has 0 saturated carbocycles. The normalized spacial score (nSPS) is 10.3. The van der Waals surface area contributed by atoms with Crippen molar-refractivity contribution >= 4 is 17.3 Å². The van der Waals surface area contributed by atoms with Crippen LogP contribution in [0.15, 0.2) is 24.3 Å². The summed E-state index contributed by atoms with van der Waals surface area (Å²) in [6, 6.07) is 8.48. The lowest BCUT2D eigenvalue weighted by atomic mass is 10.2. The summed E-state index contributed by atoms with van der Waals surface area (Å²) in [5, 5.41) is 0. The Morgan fingerprint density at radius 3 is 2.47 bits per heavy atom. The molecule has 1 rings (SSSR count). The molecule has 0 radical (unpaired) electrons. The number of benzene rings is 1. The van der Waals surface area contributed by atoms with Crippen LogP contribution in [-0.4, -0.2) is 32.7 Å². The Labute approximate surface area is 96.8 Å². The highest BCUT2D eigenvalue weighted by Crippen LogP contribution is 2.12. The van der Waals surface area contributed by atoms with Gasteiger partial charge in [0, 0.05) is 25.2 Å². The molecule has 1 aromatic rings. The molecule has 0 bridgehead atoms. The zero-order valence-electron chi connectivity index (χ0n) is 9.37. The number of aryl methyl sites for hydroxylation is 1. The largest absolute Gasteiger partial charge is 0.378 e. The Hall–Kier alpha value is -0.730. The maximum absolute atomic E-state index is 5.51. The molecule has 0 atom stereocenters. The van der Waals surface area contributed by atoms with Gasteiger partial charge in [-0.1, -0.05) is 17.7 Å². The van der Waals surface area contributed by atoms with Crippen LogP contribution in [-0.2, 0) is 4.74 Å². The summed E-state index contributed by atoms with van der Waals surface area (Å²) in [4.78, 5) is 2.17. The fourth-order valence-electron chi connectivity index (χ4n) is 1.29. The van der Waals surface area contributed by atoms with Gasteiger partial charge in [0.25, 0.3) is 0 Å². The molecular weight excluding hydrogens is 210 g/mol. The molecule has 0 aliphatic rings. The van der Waals surface area contributed by atoms with E-state index >= 15 is 0 Å². The van der Waals surface area contributed by atoms with Crippen molar-refractivity contribution in [1.82, 2.24) is 0 Å². The number of rotatable bonds is 6. The predicted octanol–water partition coefficient (Wildman–Crippen LogP) is 2.69. The molecule has 0 saturated heterocycles. The first-order valence-electron chi connectivity index (χ1n) is 5.15. The van der Waals surface area contributed by atoms with Gasteiger partial charge in [-0.2, -0.15) is 0 Å². The van der Waals surface area contributed by atoms with Crippen molar-refractivity contribution < 1.29 is 4.74 Å². The molecule has 0 fully saturated rings. The number of nitrogens with zero attached hydrogens (tertiary/aromatic N) is 1. The number of alkyl halides is 1. The first-order valence-corrected chi connectivity index (χ1v) is 5.69. The van der Waals surface area contributed by atoms with Gasteiger partial charge in [0.05, 0.1) is 13.2 Å². The predicted molar refractivity (Wildman–Crippen MR) is 66.0 cm³/mol. The highest BCUT2D eigenvalue weighted by Gasteiger charge is 1.99. The minimum absolute atomic E-state index is 0.564. The van der Waals surface area contributed by atoms with E-state index in [1.165, 1.54) is 11.3 Å². The third kappa shape index (κ3) is 4.54. The van der Waals surface area contributed by atoms with Crippen LogP contribution in [0.5, 0.6) is 0 Å². The molecule has 0 spiro atoms. The number of halogens is 1. The van der Waals surface area contributed by atoms with Gasteiger partial charge in [-0.15, -0.1) is 11.6 Å². The summed E-state index contributed by atoms with van der Waals surface area (Å²) in [7, 11) is 2.06. The fraction of sp³-hybridized carbons (Fsp3) is 0.500. The van der Waals surface area contributed by atoms with Gasteiger partial charge in [-0.25, -0.2) is 0 Å². The molecule has 0 heterocycles. The topological polar surface area (TPSA) is 12.5 Å². The van der Waals surface area contributed by atoms with Crippen molar-refractivity contribution in [2.24, 2.45) is 0 Å². The van der Waals surface area contributed by atoms with Crippen molar-refractivity contribution in [1.29, 1.82) is 0 Å². The quantitative estimate of drug-likeness (QED) is 0.547. The molecule has 0 N–H and O–H groups in total. The molecular formula is C12H18ClNO. The van der Waals surface area contributed by atoms with Crippen LogP contribution in [0.1, 0.15) is 5.56 Å². The van der Waals surface area contributed by atoms with Crippen molar-refractivity contribution in [2.45, 2.75) is 6.92 Å². The molecule has 84 valence electrons.